The molecule has 0 saturated heterocycles. The smallest absolute Gasteiger partial charge is 0.273 e. The van der Waals surface area contributed by atoms with Crippen LogP contribution in [0.1, 0.15) is 0 Å². The van der Waals surface area contributed by atoms with E-state index in [1.165, 1.54) is 10.7 Å². The number of pyridine rings is 1. The third-order valence-electron chi connectivity index (χ3n) is 2.74. The van der Waals surface area contributed by atoms with Crippen LogP contribution in [0.2, 0.25) is 5.02 Å². The summed E-state index contributed by atoms with van der Waals surface area (Å²) in [6, 6.07) is 14.5. The van der Waals surface area contributed by atoms with Crippen molar-refractivity contribution in [1.29, 1.82) is 0 Å². The average molecular weight is 272 g/mol. The molecule has 0 bridgehead atoms. The van der Waals surface area contributed by atoms with Gasteiger partial charge in [-0.1, -0.05) is 41.9 Å². The van der Waals surface area contributed by atoms with E-state index in [9.17, 15) is 4.79 Å². The Hall–Kier alpha value is -2.33. The third kappa shape index (κ3) is 2.30. The lowest BCUT2D eigenvalue weighted by Gasteiger charge is -2.01. The fourth-order valence-corrected chi connectivity index (χ4v) is 2.00. The average Bonchev–Trinajstić information content (AvgIpc) is 2.82. The summed E-state index contributed by atoms with van der Waals surface area (Å²) in [5.74, 6) is 0.472. The van der Waals surface area contributed by atoms with Crippen molar-refractivity contribution in [3.8, 4) is 17.1 Å². The molecule has 0 saturated carbocycles. The first-order valence-corrected chi connectivity index (χ1v) is 6.11. The summed E-state index contributed by atoms with van der Waals surface area (Å²) in [5.41, 5.74) is 1.52. The predicted molar refractivity (Wildman–Crippen MR) is 74.6 cm³/mol. The van der Waals surface area contributed by atoms with Crippen LogP contribution in [0.25, 0.3) is 17.1 Å². The topological polar surface area (TPSA) is 50.7 Å². The standard InChI is InChI=1S/C14H10ClN3O/c15-11-6-7-16-13(8-11)18-14(19)9-12(17-18)10-4-2-1-3-5-10/h1-9,17H. The zero-order chi connectivity index (χ0) is 13.2. The number of halogens is 1. The van der Waals surface area contributed by atoms with Crippen LogP contribution in [0, 0.1) is 0 Å². The number of hydrogen-bond donors (Lipinski definition) is 1. The lowest BCUT2D eigenvalue weighted by atomic mass is 10.2. The lowest BCUT2D eigenvalue weighted by Crippen LogP contribution is -2.14. The zero-order valence-corrected chi connectivity index (χ0v) is 10.6. The second-order valence-corrected chi connectivity index (χ2v) is 4.48. The van der Waals surface area contributed by atoms with Crippen LogP contribution in [0.15, 0.2) is 59.5 Å². The highest BCUT2D eigenvalue weighted by Crippen LogP contribution is 2.16. The SMILES string of the molecule is O=c1cc(-c2ccccc2)[nH]n1-c1cc(Cl)ccn1. The van der Waals surface area contributed by atoms with E-state index in [1.807, 2.05) is 30.3 Å². The van der Waals surface area contributed by atoms with Gasteiger partial charge in [0.1, 0.15) is 0 Å². The molecular formula is C14H10ClN3O. The van der Waals surface area contributed by atoms with Gasteiger partial charge in [-0.25, -0.2) is 9.67 Å². The molecule has 2 aromatic heterocycles. The number of nitrogens with one attached hydrogen (secondary N) is 1. The molecule has 2 heterocycles. The van der Waals surface area contributed by atoms with Crippen LogP contribution in [-0.4, -0.2) is 14.8 Å². The highest BCUT2D eigenvalue weighted by atomic mass is 35.5. The molecule has 0 aliphatic rings. The number of rotatable bonds is 2. The Kier molecular flexibility index (Phi) is 2.93. The maximum Gasteiger partial charge on any atom is 0.273 e. The molecule has 0 unspecified atom stereocenters. The summed E-state index contributed by atoms with van der Waals surface area (Å²) in [5, 5.41) is 3.56. The van der Waals surface area contributed by atoms with E-state index in [1.54, 1.807) is 18.3 Å². The summed E-state index contributed by atoms with van der Waals surface area (Å²) in [7, 11) is 0. The first-order valence-electron chi connectivity index (χ1n) is 5.73. The Morgan fingerprint density at radius 1 is 1.11 bits per heavy atom. The maximum atomic E-state index is 12.0. The van der Waals surface area contributed by atoms with Crippen molar-refractivity contribution in [2.45, 2.75) is 0 Å². The minimum absolute atomic E-state index is 0.173. The van der Waals surface area contributed by atoms with Crippen LogP contribution in [0.4, 0.5) is 0 Å². The van der Waals surface area contributed by atoms with E-state index >= 15 is 0 Å². The van der Waals surface area contributed by atoms with E-state index in [0.717, 1.165) is 11.3 Å². The van der Waals surface area contributed by atoms with Crippen molar-refractivity contribution in [3.63, 3.8) is 0 Å². The number of aromatic amines is 1. The van der Waals surface area contributed by atoms with Gasteiger partial charge in [0.2, 0.25) is 0 Å². The van der Waals surface area contributed by atoms with E-state index < -0.39 is 0 Å². The number of nitrogens with zero attached hydrogens (tertiary/aromatic N) is 2. The molecule has 0 spiro atoms. The van der Waals surface area contributed by atoms with Crippen LogP contribution in [0.3, 0.4) is 0 Å². The van der Waals surface area contributed by atoms with Crippen molar-refractivity contribution in [1.82, 2.24) is 14.8 Å². The summed E-state index contributed by atoms with van der Waals surface area (Å²) in [6.07, 6.45) is 1.56. The molecule has 1 aromatic carbocycles. The molecule has 0 amide bonds. The van der Waals surface area contributed by atoms with E-state index in [4.69, 9.17) is 11.6 Å². The molecular weight excluding hydrogens is 262 g/mol. The second kappa shape index (κ2) is 4.74. The number of H-pyrrole nitrogens is 1. The summed E-state index contributed by atoms with van der Waals surface area (Å²) < 4.78 is 1.37. The Morgan fingerprint density at radius 2 is 1.89 bits per heavy atom. The van der Waals surface area contributed by atoms with Crippen molar-refractivity contribution in [2.24, 2.45) is 0 Å². The Morgan fingerprint density at radius 3 is 2.63 bits per heavy atom. The van der Waals surface area contributed by atoms with E-state index in [2.05, 4.69) is 10.1 Å². The maximum absolute atomic E-state index is 12.0. The summed E-state index contributed by atoms with van der Waals surface area (Å²) in [6.45, 7) is 0. The number of hydrogen-bond acceptors (Lipinski definition) is 2. The predicted octanol–water partition coefficient (Wildman–Crippen LogP) is 2.88. The zero-order valence-electron chi connectivity index (χ0n) is 9.88. The van der Waals surface area contributed by atoms with Gasteiger partial charge < -0.3 is 0 Å². The number of aromatic nitrogens is 3. The Labute approximate surface area is 114 Å². The fraction of sp³-hybridized carbons (Fsp3) is 0. The first-order chi connectivity index (χ1) is 9.24. The number of benzene rings is 1. The van der Waals surface area contributed by atoms with Gasteiger partial charge in [-0.15, -0.1) is 0 Å². The molecule has 0 aliphatic heterocycles. The van der Waals surface area contributed by atoms with Crippen molar-refractivity contribution in [2.75, 3.05) is 0 Å². The quantitative estimate of drug-likeness (QED) is 0.779. The Bertz CT molecular complexity index is 762. The highest BCUT2D eigenvalue weighted by Gasteiger charge is 2.07. The van der Waals surface area contributed by atoms with E-state index in [0.29, 0.717) is 10.8 Å². The molecule has 0 aliphatic carbocycles. The fourth-order valence-electron chi connectivity index (χ4n) is 1.85. The Balaban J connectivity index is 2.10. The lowest BCUT2D eigenvalue weighted by molar-refractivity contribution is 0.822. The van der Waals surface area contributed by atoms with Gasteiger partial charge in [0, 0.05) is 23.4 Å². The highest BCUT2D eigenvalue weighted by molar-refractivity contribution is 6.30. The summed E-state index contributed by atoms with van der Waals surface area (Å²) in [4.78, 5) is 16.1. The molecule has 5 heteroatoms. The molecule has 0 radical (unpaired) electrons. The van der Waals surface area contributed by atoms with E-state index in [-0.39, 0.29) is 5.56 Å². The monoisotopic (exact) mass is 271 g/mol. The van der Waals surface area contributed by atoms with Gasteiger partial charge in [0.15, 0.2) is 5.82 Å². The normalized spacial score (nSPS) is 10.6. The van der Waals surface area contributed by atoms with Gasteiger partial charge in [-0.2, -0.15) is 0 Å². The second-order valence-electron chi connectivity index (χ2n) is 4.04. The van der Waals surface area contributed by atoms with Crippen molar-refractivity contribution >= 4 is 11.6 Å². The molecule has 3 aromatic rings. The molecule has 0 fully saturated rings. The molecule has 4 nitrogen and oxygen atoms in total. The van der Waals surface area contributed by atoms with Crippen LogP contribution >= 0.6 is 11.6 Å². The molecule has 94 valence electrons. The summed E-state index contributed by atoms with van der Waals surface area (Å²) >= 11 is 5.90. The van der Waals surface area contributed by atoms with Crippen molar-refractivity contribution in [3.05, 3.63) is 70.1 Å². The largest absolute Gasteiger partial charge is 0.289 e. The molecule has 0 atom stereocenters. The molecule has 3 rings (SSSR count). The molecule has 1 N–H and O–H groups in total. The molecule has 19 heavy (non-hydrogen) atoms. The minimum atomic E-state index is -0.173. The van der Waals surface area contributed by atoms with Gasteiger partial charge in [0.25, 0.3) is 5.56 Å². The van der Waals surface area contributed by atoms with Gasteiger partial charge >= 0.3 is 0 Å². The van der Waals surface area contributed by atoms with Gasteiger partial charge in [-0.3, -0.25) is 9.89 Å². The van der Waals surface area contributed by atoms with Crippen LogP contribution in [0.5, 0.6) is 0 Å². The van der Waals surface area contributed by atoms with Crippen LogP contribution in [-0.2, 0) is 0 Å². The third-order valence-corrected chi connectivity index (χ3v) is 2.98. The minimum Gasteiger partial charge on any atom is -0.289 e. The van der Waals surface area contributed by atoms with Gasteiger partial charge in [0.05, 0.1) is 5.69 Å². The van der Waals surface area contributed by atoms with Crippen molar-refractivity contribution < 1.29 is 0 Å². The van der Waals surface area contributed by atoms with Crippen LogP contribution < -0.4 is 5.56 Å². The first kappa shape index (κ1) is 11.7. The van der Waals surface area contributed by atoms with Gasteiger partial charge in [-0.05, 0) is 11.6 Å².